The first kappa shape index (κ1) is 7.54. The number of hydrogen-bond donors (Lipinski definition) is 1. The van der Waals surface area contributed by atoms with Crippen molar-refractivity contribution in [2.24, 2.45) is 0 Å². The largest absolute Gasteiger partial charge is 0.460 e. The third kappa shape index (κ3) is 1.29. The van der Waals surface area contributed by atoms with E-state index in [4.69, 9.17) is 4.74 Å². The number of nitrogens with one attached hydrogen (secondary N) is 1. The minimum Gasteiger partial charge on any atom is -0.460 e. The first-order valence-electron chi connectivity index (χ1n) is 3.48. The van der Waals surface area contributed by atoms with Crippen LogP contribution in [0.5, 0.6) is 0 Å². The summed E-state index contributed by atoms with van der Waals surface area (Å²) in [6.07, 6.45) is 0.0144. The second kappa shape index (κ2) is 2.23. The van der Waals surface area contributed by atoms with Gasteiger partial charge in [0.05, 0.1) is 0 Å². The maximum absolute atomic E-state index is 11.0. The molecule has 0 radical (unpaired) electrons. The fourth-order valence-corrected chi connectivity index (χ4v) is 0.843. The van der Waals surface area contributed by atoms with Crippen LogP contribution in [-0.2, 0) is 9.53 Å². The highest BCUT2D eigenvalue weighted by molar-refractivity contribution is 5.80. The van der Waals surface area contributed by atoms with E-state index in [0.717, 1.165) is 6.54 Å². The topological polar surface area (TPSA) is 38.3 Å². The predicted octanol–water partition coefficient (Wildman–Crippen LogP) is 0.300. The van der Waals surface area contributed by atoms with Crippen LogP contribution in [0.4, 0.5) is 0 Å². The number of cyclic esters (lactones) is 1. The fraction of sp³-hybridized carbons (Fsp3) is 0.857. The van der Waals surface area contributed by atoms with E-state index in [1.165, 1.54) is 0 Å². The zero-order valence-electron chi connectivity index (χ0n) is 6.60. The molecule has 0 amide bonds. The molecule has 3 nitrogen and oxygen atoms in total. The lowest BCUT2D eigenvalue weighted by atomic mass is 10.0. The smallest absolute Gasteiger partial charge is 0.326 e. The number of ether oxygens (including phenoxy) is 1. The van der Waals surface area contributed by atoms with Crippen LogP contribution < -0.4 is 5.32 Å². The van der Waals surface area contributed by atoms with Crippen LogP contribution in [0.1, 0.15) is 20.8 Å². The summed E-state index contributed by atoms with van der Waals surface area (Å²) in [6.45, 7) is 6.27. The molecule has 58 valence electrons. The van der Waals surface area contributed by atoms with Crippen LogP contribution in [0.2, 0.25) is 0 Å². The summed E-state index contributed by atoms with van der Waals surface area (Å²) >= 11 is 0. The Morgan fingerprint density at radius 3 is 2.70 bits per heavy atom. The van der Waals surface area contributed by atoms with Gasteiger partial charge in [0.25, 0.3) is 0 Å². The molecule has 1 aliphatic rings. The lowest BCUT2D eigenvalue weighted by Crippen LogP contribution is -2.56. The van der Waals surface area contributed by atoms with Crippen molar-refractivity contribution in [3.63, 3.8) is 0 Å². The summed E-state index contributed by atoms with van der Waals surface area (Å²) in [7, 11) is 0. The van der Waals surface area contributed by atoms with E-state index in [1.807, 2.05) is 20.8 Å². The van der Waals surface area contributed by atoms with Crippen molar-refractivity contribution in [1.82, 2.24) is 5.32 Å². The van der Waals surface area contributed by atoms with Crippen molar-refractivity contribution in [1.29, 1.82) is 0 Å². The molecule has 0 saturated carbocycles. The summed E-state index contributed by atoms with van der Waals surface area (Å²) in [5.74, 6) is -0.161. The van der Waals surface area contributed by atoms with Crippen LogP contribution in [-0.4, -0.2) is 24.2 Å². The summed E-state index contributed by atoms with van der Waals surface area (Å²) in [4.78, 5) is 11.0. The van der Waals surface area contributed by atoms with Crippen LogP contribution >= 0.6 is 0 Å². The summed E-state index contributed by atoms with van der Waals surface area (Å²) in [6, 6.07) is 0. The zero-order valence-corrected chi connectivity index (χ0v) is 6.60. The Bertz CT molecular complexity index is 154. The number of carbonyl (C=O) groups excluding carboxylic acids is 1. The lowest BCUT2D eigenvalue weighted by Gasteiger charge is -2.32. The average Bonchev–Trinajstić information content (AvgIpc) is 1.81. The van der Waals surface area contributed by atoms with E-state index in [9.17, 15) is 4.79 Å². The summed E-state index contributed by atoms with van der Waals surface area (Å²) in [5, 5.41) is 3.08. The molecule has 3 heteroatoms. The number of carbonyl (C=O) groups is 1. The molecular formula is C7H13NO2. The Morgan fingerprint density at radius 2 is 2.30 bits per heavy atom. The Balaban J connectivity index is 2.61. The van der Waals surface area contributed by atoms with Crippen LogP contribution in [0.15, 0.2) is 0 Å². The predicted molar refractivity (Wildman–Crippen MR) is 37.6 cm³/mol. The number of esters is 1. The molecule has 1 aliphatic heterocycles. The highest BCUT2D eigenvalue weighted by Crippen LogP contribution is 2.11. The van der Waals surface area contributed by atoms with Gasteiger partial charge in [-0.25, -0.2) is 0 Å². The van der Waals surface area contributed by atoms with Crippen LogP contribution in [0, 0.1) is 0 Å². The maximum Gasteiger partial charge on any atom is 0.326 e. The van der Waals surface area contributed by atoms with Gasteiger partial charge in [-0.15, -0.1) is 0 Å². The molecule has 1 heterocycles. The standard InChI is InChI=1S/C7H13NO2/c1-5-4-8-7(2,3)6(9)10-5/h5,8H,4H2,1-3H3. The molecule has 0 aromatic rings. The van der Waals surface area contributed by atoms with Gasteiger partial charge >= 0.3 is 5.97 Å². The quantitative estimate of drug-likeness (QED) is 0.496. The van der Waals surface area contributed by atoms with E-state index in [-0.39, 0.29) is 12.1 Å². The zero-order chi connectivity index (χ0) is 7.78. The highest BCUT2D eigenvalue weighted by Gasteiger charge is 2.34. The van der Waals surface area contributed by atoms with E-state index in [2.05, 4.69) is 5.32 Å². The molecule has 0 spiro atoms. The third-order valence-corrected chi connectivity index (χ3v) is 1.65. The van der Waals surface area contributed by atoms with E-state index >= 15 is 0 Å². The Morgan fingerprint density at radius 1 is 1.70 bits per heavy atom. The molecule has 0 aromatic heterocycles. The third-order valence-electron chi connectivity index (χ3n) is 1.65. The SMILES string of the molecule is CC1CNC(C)(C)C(=O)O1. The molecular weight excluding hydrogens is 130 g/mol. The van der Waals surface area contributed by atoms with Gasteiger partial charge < -0.3 is 4.74 Å². The first-order valence-corrected chi connectivity index (χ1v) is 3.48. The second-order valence-electron chi connectivity index (χ2n) is 3.22. The van der Waals surface area contributed by atoms with E-state index in [1.54, 1.807) is 0 Å². The van der Waals surface area contributed by atoms with Crippen molar-refractivity contribution in [3.8, 4) is 0 Å². The molecule has 1 rings (SSSR count). The van der Waals surface area contributed by atoms with Gasteiger partial charge in [-0.05, 0) is 20.8 Å². The van der Waals surface area contributed by atoms with E-state index in [0.29, 0.717) is 0 Å². The van der Waals surface area contributed by atoms with Gasteiger partial charge in [0.1, 0.15) is 11.6 Å². The molecule has 1 unspecified atom stereocenters. The normalized spacial score (nSPS) is 31.5. The number of morpholine rings is 1. The van der Waals surface area contributed by atoms with Crippen LogP contribution in [0.25, 0.3) is 0 Å². The van der Waals surface area contributed by atoms with Crippen molar-refractivity contribution in [3.05, 3.63) is 0 Å². The van der Waals surface area contributed by atoms with Crippen LogP contribution in [0.3, 0.4) is 0 Å². The summed E-state index contributed by atoms with van der Waals surface area (Å²) < 4.78 is 5.00. The number of hydrogen-bond acceptors (Lipinski definition) is 3. The molecule has 1 saturated heterocycles. The molecule has 1 N–H and O–H groups in total. The van der Waals surface area contributed by atoms with Crippen molar-refractivity contribution in [2.45, 2.75) is 32.4 Å². The maximum atomic E-state index is 11.0. The Hall–Kier alpha value is -0.570. The van der Waals surface area contributed by atoms with Crippen molar-refractivity contribution in [2.75, 3.05) is 6.54 Å². The van der Waals surface area contributed by atoms with E-state index < -0.39 is 5.54 Å². The van der Waals surface area contributed by atoms with Gasteiger partial charge in [-0.3, -0.25) is 10.1 Å². The summed E-state index contributed by atoms with van der Waals surface area (Å²) in [5.41, 5.74) is -0.494. The average molecular weight is 143 g/mol. The molecule has 0 aromatic carbocycles. The van der Waals surface area contributed by atoms with Crippen molar-refractivity contribution < 1.29 is 9.53 Å². The molecule has 1 fully saturated rings. The minimum atomic E-state index is -0.494. The molecule has 0 aliphatic carbocycles. The number of rotatable bonds is 0. The van der Waals surface area contributed by atoms with Gasteiger partial charge in [0, 0.05) is 6.54 Å². The van der Waals surface area contributed by atoms with Crippen molar-refractivity contribution >= 4 is 5.97 Å². The first-order chi connectivity index (χ1) is 4.52. The highest BCUT2D eigenvalue weighted by atomic mass is 16.5. The minimum absolute atomic E-state index is 0.0144. The fourth-order valence-electron chi connectivity index (χ4n) is 0.843. The molecule has 10 heavy (non-hydrogen) atoms. The Kier molecular flexibility index (Phi) is 1.68. The van der Waals surface area contributed by atoms with Gasteiger partial charge in [-0.2, -0.15) is 0 Å². The van der Waals surface area contributed by atoms with Gasteiger partial charge in [-0.1, -0.05) is 0 Å². The molecule has 1 atom stereocenters. The van der Waals surface area contributed by atoms with Gasteiger partial charge in [0.2, 0.25) is 0 Å². The molecule has 0 bridgehead atoms. The monoisotopic (exact) mass is 143 g/mol. The second-order valence-corrected chi connectivity index (χ2v) is 3.22. The Labute approximate surface area is 60.7 Å². The lowest BCUT2D eigenvalue weighted by molar-refractivity contribution is -0.160. The van der Waals surface area contributed by atoms with Gasteiger partial charge in [0.15, 0.2) is 0 Å².